The molecule has 0 amide bonds. The average Bonchev–Trinajstić information content (AvgIpc) is 2.16. The van der Waals surface area contributed by atoms with Crippen LogP contribution in [0.5, 0.6) is 0 Å². The molecule has 0 aromatic carbocycles. The smallest absolute Gasteiger partial charge is 0.156 e. The van der Waals surface area contributed by atoms with Gasteiger partial charge in [0.1, 0.15) is 0 Å². The van der Waals surface area contributed by atoms with Crippen LogP contribution in [0.25, 0.3) is 0 Å². The first-order chi connectivity index (χ1) is 5.99. The summed E-state index contributed by atoms with van der Waals surface area (Å²) in [4.78, 5) is 0. The van der Waals surface area contributed by atoms with Crippen molar-refractivity contribution in [1.82, 2.24) is 5.32 Å². The maximum atomic E-state index is 8.47. The minimum absolute atomic E-state index is 0.0642. The Bertz CT molecular complexity index is 176. The summed E-state index contributed by atoms with van der Waals surface area (Å²) in [5.74, 6) is 0.230. The van der Waals surface area contributed by atoms with Crippen molar-refractivity contribution in [3.05, 3.63) is 0 Å². The van der Waals surface area contributed by atoms with E-state index in [1.807, 2.05) is 6.92 Å². The largest absolute Gasteiger partial charge is 0.409 e. The summed E-state index contributed by atoms with van der Waals surface area (Å²) in [5, 5.41) is 14.8. The van der Waals surface area contributed by atoms with E-state index < -0.39 is 0 Å². The number of rotatable bonds is 5. The van der Waals surface area contributed by atoms with Gasteiger partial charge >= 0.3 is 0 Å². The van der Waals surface area contributed by atoms with Crippen LogP contribution >= 0.6 is 0 Å². The molecule has 0 rings (SSSR count). The summed E-state index contributed by atoms with van der Waals surface area (Å²) < 4.78 is 0. The Labute approximate surface area is 80.2 Å². The second-order valence-electron chi connectivity index (χ2n) is 3.66. The quantitative estimate of drug-likeness (QED) is 0.263. The predicted molar refractivity (Wildman–Crippen MR) is 55.0 cm³/mol. The van der Waals surface area contributed by atoms with Gasteiger partial charge in [-0.15, -0.1) is 0 Å². The Morgan fingerprint density at radius 1 is 1.54 bits per heavy atom. The predicted octanol–water partition coefficient (Wildman–Crippen LogP) is 1.29. The SMILES string of the molecule is CCC(C)(CC)NC(C)C(N)=NO. The average molecular weight is 187 g/mol. The molecule has 4 nitrogen and oxygen atoms in total. The van der Waals surface area contributed by atoms with Gasteiger partial charge in [-0.2, -0.15) is 0 Å². The molecule has 0 saturated heterocycles. The molecule has 0 spiro atoms. The van der Waals surface area contributed by atoms with Gasteiger partial charge in [0.05, 0.1) is 6.04 Å². The number of oxime groups is 1. The molecular formula is C9H21N3O. The Morgan fingerprint density at radius 3 is 2.31 bits per heavy atom. The Balaban J connectivity index is 4.25. The van der Waals surface area contributed by atoms with Crippen LogP contribution in [0, 0.1) is 0 Å². The van der Waals surface area contributed by atoms with Crippen molar-refractivity contribution in [3.8, 4) is 0 Å². The van der Waals surface area contributed by atoms with E-state index in [2.05, 4.69) is 31.2 Å². The van der Waals surface area contributed by atoms with E-state index in [9.17, 15) is 0 Å². The number of nitrogens with one attached hydrogen (secondary N) is 1. The molecular weight excluding hydrogens is 166 g/mol. The number of amidine groups is 1. The van der Waals surface area contributed by atoms with Gasteiger partial charge in [-0.3, -0.25) is 0 Å². The Morgan fingerprint density at radius 2 is 2.00 bits per heavy atom. The van der Waals surface area contributed by atoms with Crippen LogP contribution in [0.2, 0.25) is 0 Å². The van der Waals surface area contributed by atoms with E-state index in [0.29, 0.717) is 0 Å². The van der Waals surface area contributed by atoms with Crippen molar-refractivity contribution >= 4 is 5.84 Å². The van der Waals surface area contributed by atoms with Crippen LogP contribution in [-0.2, 0) is 0 Å². The molecule has 78 valence electrons. The standard InChI is InChI=1S/C9H21N3O/c1-5-9(4,6-2)11-7(3)8(10)12-13/h7,11,13H,5-6H2,1-4H3,(H2,10,12). The molecule has 4 N–H and O–H groups in total. The van der Waals surface area contributed by atoms with Crippen LogP contribution in [0.1, 0.15) is 40.5 Å². The maximum Gasteiger partial charge on any atom is 0.156 e. The summed E-state index contributed by atoms with van der Waals surface area (Å²) in [6.07, 6.45) is 2.04. The molecule has 0 fully saturated rings. The molecule has 0 heterocycles. The van der Waals surface area contributed by atoms with E-state index in [-0.39, 0.29) is 17.4 Å². The highest BCUT2D eigenvalue weighted by molar-refractivity contribution is 5.84. The molecule has 0 aliphatic heterocycles. The van der Waals surface area contributed by atoms with E-state index >= 15 is 0 Å². The molecule has 0 aromatic rings. The first-order valence-corrected chi connectivity index (χ1v) is 4.74. The highest BCUT2D eigenvalue weighted by atomic mass is 16.4. The molecule has 13 heavy (non-hydrogen) atoms. The molecule has 0 saturated carbocycles. The van der Waals surface area contributed by atoms with E-state index in [4.69, 9.17) is 10.9 Å². The Kier molecular flexibility index (Phi) is 4.77. The molecule has 0 aromatic heterocycles. The zero-order valence-electron chi connectivity index (χ0n) is 8.96. The van der Waals surface area contributed by atoms with Gasteiger partial charge in [0, 0.05) is 5.54 Å². The first-order valence-electron chi connectivity index (χ1n) is 4.74. The molecule has 0 radical (unpaired) electrons. The summed E-state index contributed by atoms with van der Waals surface area (Å²) in [6.45, 7) is 8.26. The second kappa shape index (κ2) is 5.07. The van der Waals surface area contributed by atoms with Crippen LogP contribution in [0.4, 0.5) is 0 Å². The Hall–Kier alpha value is -0.770. The monoisotopic (exact) mass is 187 g/mol. The van der Waals surface area contributed by atoms with Gasteiger partial charge in [-0.1, -0.05) is 19.0 Å². The summed E-state index contributed by atoms with van der Waals surface area (Å²) in [5.41, 5.74) is 5.53. The molecule has 0 aliphatic carbocycles. The summed E-state index contributed by atoms with van der Waals surface area (Å²) in [6, 6.07) is -0.0881. The number of nitrogens with zero attached hydrogens (tertiary/aromatic N) is 1. The van der Waals surface area contributed by atoms with Gasteiger partial charge in [0.2, 0.25) is 0 Å². The third kappa shape index (κ3) is 3.63. The maximum absolute atomic E-state index is 8.47. The topological polar surface area (TPSA) is 70.6 Å². The number of nitrogens with two attached hydrogens (primary N) is 1. The minimum Gasteiger partial charge on any atom is -0.409 e. The lowest BCUT2D eigenvalue weighted by atomic mass is 9.94. The molecule has 0 bridgehead atoms. The van der Waals surface area contributed by atoms with Crippen molar-refractivity contribution in [2.75, 3.05) is 0 Å². The lowest BCUT2D eigenvalue weighted by Crippen LogP contribution is -2.51. The molecule has 4 heteroatoms. The summed E-state index contributed by atoms with van der Waals surface area (Å²) in [7, 11) is 0. The van der Waals surface area contributed by atoms with Crippen molar-refractivity contribution in [1.29, 1.82) is 0 Å². The second-order valence-corrected chi connectivity index (χ2v) is 3.66. The fraction of sp³-hybridized carbons (Fsp3) is 0.889. The van der Waals surface area contributed by atoms with Gasteiger partial charge in [-0.25, -0.2) is 0 Å². The van der Waals surface area contributed by atoms with Gasteiger partial charge in [0.15, 0.2) is 5.84 Å². The number of hydrogen-bond donors (Lipinski definition) is 3. The lowest BCUT2D eigenvalue weighted by molar-refractivity contribution is 0.300. The fourth-order valence-corrected chi connectivity index (χ4v) is 1.14. The minimum atomic E-state index is -0.0881. The van der Waals surface area contributed by atoms with E-state index in [1.54, 1.807) is 0 Å². The zero-order chi connectivity index (χ0) is 10.5. The number of hydrogen-bond acceptors (Lipinski definition) is 3. The van der Waals surface area contributed by atoms with Crippen LogP contribution in [-0.4, -0.2) is 22.6 Å². The van der Waals surface area contributed by atoms with E-state index in [0.717, 1.165) is 12.8 Å². The van der Waals surface area contributed by atoms with Gasteiger partial charge in [-0.05, 0) is 26.7 Å². The van der Waals surface area contributed by atoms with Crippen LogP contribution in [0.15, 0.2) is 5.16 Å². The van der Waals surface area contributed by atoms with Gasteiger partial charge < -0.3 is 16.3 Å². The molecule has 1 atom stereocenters. The summed E-state index contributed by atoms with van der Waals surface area (Å²) >= 11 is 0. The highest BCUT2D eigenvalue weighted by Gasteiger charge is 2.22. The third-order valence-corrected chi connectivity index (χ3v) is 2.68. The fourth-order valence-electron chi connectivity index (χ4n) is 1.14. The zero-order valence-corrected chi connectivity index (χ0v) is 8.96. The van der Waals surface area contributed by atoms with Crippen molar-refractivity contribution in [2.24, 2.45) is 10.9 Å². The lowest BCUT2D eigenvalue weighted by Gasteiger charge is -2.31. The third-order valence-electron chi connectivity index (χ3n) is 2.68. The highest BCUT2D eigenvalue weighted by Crippen LogP contribution is 2.14. The van der Waals surface area contributed by atoms with Crippen LogP contribution < -0.4 is 11.1 Å². The van der Waals surface area contributed by atoms with E-state index in [1.165, 1.54) is 0 Å². The van der Waals surface area contributed by atoms with Gasteiger partial charge in [0.25, 0.3) is 0 Å². The first kappa shape index (κ1) is 12.2. The van der Waals surface area contributed by atoms with Crippen molar-refractivity contribution in [2.45, 2.75) is 52.1 Å². The van der Waals surface area contributed by atoms with Crippen molar-refractivity contribution in [3.63, 3.8) is 0 Å². The molecule has 1 unspecified atom stereocenters. The van der Waals surface area contributed by atoms with Crippen molar-refractivity contribution < 1.29 is 5.21 Å². The molecule has 0 aliphatic rings. The normalized spacial score (nSPS) is 15.8. The van der Waals surface area contributed by atoms with Crippen LogP contribution in [0.3, 0.4) is 0 Å².